The van der Waals surface area contributed by atoms with Gasteiger partial charge in [0.1, 0.15) is 6.10 Å². The summed E-state index contributed by atoms with van der Waals surface area (Å²) in [7, 11) is 0. The fraction of sp³-hybridized carbons (Fsp3) is 0.438. The molecule has 3 rings (SSSR count). The van der Waals surface area contributed by atoms with Gasteiger partial charge in [-0.1, -0.05) is 0 Å². The Morgan fingerprint density at radius 2 is 1.96 bits per heavy atom. The van der Waals surface area contributed by atoms with Crippen LogP contribution in [-0.4, -0.2) is 34.1 Å². The van der Waals surface area contributed by atoms with Crippen LogP contribution in [-0.2, 0) is 6.18 Å². The van der Waals surface area contributed by atoms with Crippen LogP contribution >= 0.6 is 0 Å². The van der Waals surface area contributed by atoms with Crippen molar-refractivity contribution >= 4 is 5.95 Å². The number of hydrogen-bond donors (Lipinski definition) is 0. The van der Waals surface area contributed by atoms with E-state index in [9.17, 15) is 13.2 Å². The number of ether oxygens (including phenoxy) is 1. The van der Waals surface area contributed by atoms with Gasteiger partial charge in [0.05, 0.1) is 12.1 Å². The van der Waals surface area contributed by atoms with Crippen molar-refractivity contribution < 1.29 is 17.9 Å². The molecule has 2 aromatic heterocycles. The van der Waals surface area contributed by atoms with Crippen molar-refractivity contribution in [3.63, 3.8) is 0 Å². The van der Waals surface area contributed by atoms with Crippen LogP contribution in [0, 0.1) is 13.8 Å². The van der Waals surface area contributed by atoms with Crippen LogP contribution in [0.3, 0.4) is 0 Å². The first-order chi connectivity index (χ1) is 11.3. The van der Waals surface area contributed by atoms with Gasteiger partial charge in [0, 0.05) is 37.1 Å². The van der Waals surface area contributed by atoms with Gasteiger partial charge in [0.15, 0.2) is 0 Å². The highest BCUT2D eigenvalue weighted by molar-refractivity contribution is 5.34. The van der Waals surface area contributed by atoms with E-state index in [0.717, 1.165) is 36.5 Å². The molecule has 1 aliphatic heterocycles. The summed E-state index contributed by atoms with van der Waals surface area (Å²) in [4.78, 5) is 14.5. The van der Waals surface area contributed by atoms with Crippen LogP contribution < -0.4 is 9.64 Å². The van der Waals surface area contributed by atoms with Crippen molar-refractivity contribution in [1.82, 2.24) is 15.0 Å². The molecule has 1 unspecified atom stereocenters. The predicted octanol–water partition coefficient (Wildman–Crippen LogP) is 3.16. The number of anilines is 1. The summed E-state index contributed by atoms with van der Waals surface area (Å²) in [6.45, 7) is 5.18. The minimum Gasteiger partial charge on any atom is -0.472 e. The lowest BCUT2D eigenvalue weighted by molar-refractivity contribution is -0.137. The molecule has 2 aromatic rings. The third kappa shape index (κ3) is 3.58. The van der Waals surface area contributed by atoms with Crippen LogP contribution in [0.15, 0.2) is 24.5 Å². The lowest BCUT2D eigenvalue weighted by atomic mass is 10.3. The zero-order valence-corrected chi connectivity index (χ0v) is 13.3. The highest BCUT2D eigenvalue weighted by Crippen LogP contribution is 2.29. The van der Waals surface area contributed by atoms with E-state index in [1.165, 1.54) is 6.07 Å². The van der Waals surface area contributed by atoms with E-state index in [2.05, 4.69) is 15.0 Å². The Kier molecular flexibility index (Phi) is 4.29. The normalized spacial score (nSPS) is 18.0. The monoisotopic (exact) mass is 338 g/mol. The summed E-state index contributed by atoms with van der Waals surface area (Å²) in [5.41, 5.74) is 1.17. The van der Waals surface area contributed by atoms with Gasteiger partial charge >= 0.3 is 6.18 Å². The lowest BCUT2D eigenvalue weighted by Gasteiger charge is -2.17. The van der Waals surface area contributed by atoms with E-state index in [4.69, 9.17) is 4.74 Å². The summed E-state index contributed by atoms with van der Waals surface area (Å²) in [5, 5.41) is 0. The largest absolute Gasteiger partial charge is 0.472 e. The van der Waals surface area contributed by atoms with Crippen molar-refractivity contribution in [2.24, 2.45) is 0 Å². The van der Waals surface area contributed by atoms with E-state index < -0.39 is 11.7 Å². The molecule has 3 heterocycles. The first kappa shape index (κ1) is 16.5. The average Bonchev–Trinajstić information content (AvgIpc) is 2.98. The van der Waals surface area contributed by atoms with E-state index in [-0.39, 0.29) is 12.0 Å². The van der Waals surface area contributed by atoms with E-state index in [0.29, 0.717) is 12.5 Å². The summed E-state index contributed by atoms with van der Waals surface area (Å²) in [5.74, 6) is 0.834. The number of aryl methyl sites for hydroxylation is 2. The molecule has 0 aromatic carbocycles. The molecule has 0 radical (unpaired) electrons. The Hall–Kier alpha value is -2.38. The van der Waals surface area contributed by atoms with Crippen molar-refractivity contribution in [1.29, 1.82) is 0 Å². The second-order valence-electron chi connectivity index (χ2n) is 5.80. The fourth-order valence-electron chi connectivity index (χ4n) is 2.46. The molecule has 1 fully saturated rings. The number of halogens is 3. The van der Waals surface area contributed by atoms with Gasteiger partial charge in [-0.2, -0.15) is 13.2 Å². The number of aromatic nitrogens is 3. The van der Waals surface area contributed by atoms with Gasteiger partial charge in [0.2, 0.25) is 11.8 Å². The third-order valence-corrected chi connectivity index (χ3v) is 3.99. The molecule has 128 valence electrons. The molecular formula is C16H17F3N4O. The highest BCUT2D eigenvalue weighted by atomic mass is 19.4. The summed E-state index contributed by atoms with van der Waals surface area (Å²) in [6.07, 6.45) is -1.24. The molecule has 0 N–H and O–H groups in total. The number of nitrogens with zero attached hydrogens (tertiary/aromatic N) is 4. The van der Waals surface area contributed by atoms with Gasteiger partial charge in [-0.25, -0.2) is 15.0 Å². The molecule has 24 heavy (non-hydrogen) atoms. The minimum atomic E-state index is -4.39. The maximum absolute atomic E-state index is 12.5. The van der Waals surface area contributed by atoms with Crippen LogP contribution in [0.5, 0.6) is 5.88 Å². The molecule has 5 nitrogen and oxygen atoms in total. The first-order valence-corrected chi connectivity index (χ1v) is 7.58. The summed E-state index contributed by atoms with van der Waals surface area (Å²) < 4.78 is 43.2. The molecule has 1 saturated heterocycles. The third-order valence-electron chi connectivity index (χ3n) is 3.99. The number of hydrogen-bond acceptors (Lipinski definition) is 5. The standard InChI is InChI=1S/C16H17F3N4O/c1-10-7-21-15(22-11(10)2)23-6-5-13(9-23)24-14-4-3-12(8-20-14)16(17,18)19/h3-4,7-8,13H,5-6,9H2,1-2H3. The van der Waals surface area contributed by atoms with Crippen LogP contribution in [0.1, 0.15) is 23.2 Å². The Bertz CT molecular complexity index is 718. The van der Waals surface area contributed by atoms with Gasteiger partial charge in [-0.15, -0.1) is 0 Å². The van der Waals surface area contributed by atoms with Crippen LogP contribution in [0.25, 0.3) is 0 Å². The predicted molar refractivity (Wildman–Crippen MR) is 82.0 cm³/mol. The Morgan fingerprint density at radius 3 is 2.58 bits per heavy atom. The SMILES string of the molecule is Cc1cnc(N2CCC(Oc3ccc(C(F)(F)F)cn3)C2)nc1C. The van der Waals surface area contributed by atoms with Gasteiger partial charge in [-0.05, 0) is 25.5 Å². The molecule has 8 heteroatoms. The molecule has 0 amide bonds. The quantitative estimate of drug-likeness (QED) is 0.860. The van der Waals surface area contributed by atoms with Crippen molar-refractivity contribution in [2.45, 2.75) is 32.5 Å². The van der Waals surface area contributed by atoms with Gasteiger partial charge in [-0.3, -0.25) is 0 Å². The zero-order chi connectivity index (χ0) is 17.3. The molecule has 0 saturated carbocycles. The van der Waals surface area contributed by atoms with Gasteiger partial charge in [0.25, 0.3) is 0 Å². The fourth-order valence-corrected chi connectivity index (χ4v) is 2.46. The summed E-state index contributed by atoms with van der Waals surface area (Å²) >= 11 is 0. The van der Waals surface area contributed by atoms with Gasteiger partial charge < -0.3 is 9.64 Å². The average molecular weight is 338 g/mol. The zero-order valence-electron chi connectivity index (χ0n) is 13.3. The van der Waals surface area contributed by atoms with E-state index in [1.54, 1.807) is 6.20 Å². The Labute approximate surface area is 137 Å². The second-order valence-corrected chi connectivity index (χ2v) is 5.80. The maximum Gasteiger partial charge on any atom is 0.417 e. The Balaban J connectivity index is 1.62. The molecule has 1 atom stereocenters. The van der Waals surface area contributed by atoms with Crippen molar-refractivity contribution in [2.75, 3.05) is 18.0 Å². The van der Waals surface area contributed by atoms with Crippen LogP contribution in [0.2, 0.25) is 0 Å². The number of rotatable bonds is 3. The van der Waals surface area contributed by atoms with Crippen molar-refractivity contribution in [3.8, 4) is 5.88 Å². The van der Waals surface area contributed by atoms with E-state index >= 15 is 0 Å². The second kappa shape index (κ2) is 6.26. The molecule has 1 aliphatic rings. The smallest absolute Gasteiger partial charge is 0.417 e. The van der Waals surface area contributed by atoms with Crippen molar-refractivity contribution in [3.05, 3.63) is 41.3 Å². The number of alkyl halides is 3. The highest BCUT2D eigenvalue weighted by Gasteiger charge is 2.31. The first-order valence-electron chi connectivity index (χ1n) is 7.58. The maximum atomic E-state index is 12.5. The molecule has 0 spiro atoms. The summed E-state index contributed by atoms with van der Waals surface area (Å²) in [6, 6.07) is 2.22. The number of pyridine rings is 1. The minimum absolute atomic E-state index is 0.153. The molecule has 0 aliphatic carbocycles. The lowest BCUT2D eigenvalue weighted by Crippen LogP contribution is -2.26. The molecular weight excluding hydrogens is 321 g/mol. The Morgan fingerprint density at radius 1 is 1.17 bits per heavy atom. The molecule has 0 bridgehead atoms. The van der Waals surface area contributed by atoms with Crippen LogP contribution in [0.4, 0.5) is 19.1 Å². The van der Waals surface area contributed by atoms with E-state index in [1.807, 2.05) is 18.7 Å². The topological polar surface area (TPSA) is 51.1 Å².